The molecule has 1 aromatic carbocycles. The molecule has 0 aliphatic carbocycles. The van der Waals surface area contributed by atoms with Crippen molar-refractivity contribution in [1.29, 1.82) is 0 Å². The van der Waals surface area contributed by atoms with Crippen molar-refractivity contribution in [2.24, 2.45) is 0 Å². The fourth-order valence-corrected chi connectivity index (χ4v) is 2.06. The molecule has 2 aromatic heterocycles. The fraction of sp³-hybridized carbons (Fsp3) is 0.0714. The van der Waals surface area contributed by atoms with Crippen LogP contribution >= 0.6 is 0 Å². The van der Waals surface area contributed by atoms with Gasteiger partial charge in [0, 0.05) is 17.6 Å². The number of aromatic nitrogens is 2. The maximum atomic E-state index is 11.6. The molecule has 7 nitrogen and oxygen atoms in total. The first-order valence-electron chi connectivity index (χ1n) is 6.08. The molecule has 0 spiro atoms. The first-order valence-corrected chi connectivity index (χ1v) is 6.08. The van der Waals surface area contributed by atoms with E-state index in [-0.39, 0.29) is 12.3 Å². The monoisotopic (exact) mass is 286 g/mol. The molecule has 106 valence electrons. The number of aromatic carboxylic acids is 1. The summed E-state index contributed by atoms with van der Waals surface area (Å²) in [6.45, 7) is 0.263. The molecular formula is C14H10N2O5. The highest BCUT2D eigenvalue weighted by Gasteiger charge is 2.10. The highest BCUT2D eigenvalue weighted by Crippen LogP contribution is 2.21. The Morgan fingerprint density at radius 2 is 2.05 bits per heavy atom. The van der Waals surface area contributed by atoms with Crippen molar-refractivity contribution < 1.29 is 14.3 Å². The van der Waals surface area contributed by atoms with Gasteiger partial charge in [-0.3, -0.25) is 14.3 Å². The number of carboxylic acids is 1. The molecule has 0 atom stereocenters. The smallest absolute Gasteiger partial charge is 0.371 e. The highest BCUT2D eigenvalue weighted by atomic mass is 16.4. The third-order valence-electron chi connectivity index (χ3n) is 3.04. The number of hydrogen-bond donors (Lipinski definition) is 2. The normalized spacial score (nSPS) is 10.9. The predicted molar refractivity (Wildman–Crippen MR) is 73.6 cm³/mol. The van der Waals surface area contributed by atoms with Gasteiger partial charge in [0.25, 0.3) is 5.56 Å². The minimum atomic E-state index is -1.13. The highest BCUT2D eigenvalue weighted by molar-refractivity contribution is 5.91. The average Bonchev–Trinajstić information content (AvgIpc) is 2.85. The molecule has 0 bridgehead atoms. The summed E-state index contributed by atoms with van der Waals surface area (Å²) in [4.78, 5) is 35.6. The van der Waals surface area contributed by atoms with Crippen molar-refractivity contribution >= 4 is 16.9 Å². The van der Waals surface area contributed by atoms with Crippen LogP contribution < -0.4 is 11.2 Å². The molecule has 21 heavy (non-hydrogen) atoms. The van der Waals surface area contributed by atoms with Crippen molar-refractivity contribution in [3.8, 4) is 0 Å². The quantitative estimate of drug-likeness (QED) is 0.748. The van der Waals surface area contributed by atoms with Gasteiger partial charge in [0.2, 0.25) is 5.76 Å². The largest absolute Gasteiger partial charge is 0.475 e. The molecule has 0 aliphatic heterocycles. The second-order valence-corrected chi connectivity index (χ2v) is 4.53. The lowest BCUT2D eigenvalue weighted by Crippen LogP contribution is -2.28. The lowest BCUT2D eigenvalue weighted by atomic mass is 10.1. The molecule has 3 aromatic rings. The number of carbonyl (C=O) groups is 1. The number of rotatable bonds is 3. The van der Waals surface area contributed by atoms with E-state index in [1.807, 2.05) is 0 Å². The third kappa shape index (κ3) is 2.48. The van der Waals surface area contributed by atoms with Gasteiger partial charge in [-0.25, -0.2) is 9.59 Å². The summed E-state index contributed by atoms with van der Waals surface area (Å²) in [5.74, 6) is -1.27. The van der Waals surface area contributed by atoms with Crippen molar-refractivity contribution in [1.82, 2.24) is 9.55 Å². The Balaban J connectivity index is 1.99. The van der Waals surface area contributed by atoms with Crippen LogP contribution in [0.25, 0.3) is 11.0 Å². The summed E-state index contributed by atoms with van der Waals surface area (Å²) in [5.41, 5.74) is 0.299. The number of H-pyrrole nitrogens is 1. The van der Waals surface area contributed by atoms with Crippen LogP contribution in [0.1, 0.15) is 16.1 Å². The number of nitrogens with one attached hydrogen (secondary N) is 1. The van der Waals surface area contributed by atoms with E-state index in [1.54, 1.807) is 18.2 Å². The number of benzene rings is 1. The van der Waals surface area contributed by atoms with E-state index in [9.17, 15) is 14.4 Å². The molecule has 2 N–H and O–H groups in total. The molecule has 0 radical (unpaired) electrons. The number of furan rings is 1. The van der Waals surface area contributed by atoms with Gasteiger partial charge in [0.05, 0.1) is 6.54 Å². The molecule has 0 unspecified atom stereocenters. The first-order chi connectivity index (χ1) is 10.0. The van der Waals surface area contributed by atoms with Crippen LogP contribution in [0.2, 0.25) is 0 Å². The Bertz CT molecular complexity index is 948. The van der Waals surface area contributed by atoms with Gasteiger partial charge in [-0.15, -0.1) is 0 Å². The number of aromatic amines is 1. The second-order valence-electron chi connectivity index (χ2n) is 4.53. The molecule has 0 saturated carbocycles. The molecule has 0 amide bonds. The Hall–Kier alpha value is -3.09. The van der Waals surface area contributed by atoms with Crippen LogP contribution in [0.3, 0.4) is 0 Å². The van der Waals surface area contributed by atoms with Gasteiger partial charge < -0.3 is 9.52 Å². The lowest BCUT2D eigenvalue weighted by molar-refractivity contribution is 0.0665. The van der Waals surface area contributed by atoms with E-state index in [4.69, 9.17) is 9.52 Å². The standard InChI is InChI=1S/C14H10N2O5/c17-12-3-4-16(14(20)15-12)7-8-1-2-10-9(5-8)6-11(21-10)13(18)19/h1-6H,7H2,(H,18,19)(H,15,17,20). The molecule has 7 heteroatoms. The topological polar surface area (TPSA) is 105 Å². The Morgan fingerprint density at radius 1 is 1.24 bits per heavy atom. The number of fused-ring (bicyclic) bond motifs is 1. The minimum Gasteiger partial charge on any atom is -0.475 e. The zero-order valence-electron chi connectivity index (χ0n) is 10.7. The summed E-state index contributed by atoms with van der Waals surface area (Å²) in [7, 11) is 0. The van der Waals surface area contributed by atoms with Crippen molar-refractivity contribution in [2.45, 2.75) is 6.54 Å². The number of nitrogens with zero attached hydrogens (tertiary/aromatic N) is 1. The van der Waals surface area contributed by atoms with Crippen LogP contribution in [-0.4, -0.2) is 20.6 Å². The van der Waals surface area contributed by atoms with Crippen LogP contribution in [0, 0.1) is 0 Å². The third-order valence-corrected chi connectivity index (χ3v) is 3.04. The molecular weight excluding hydrogens is 276 g/mol. The van der Waals surface area contributed by atoms with Gasteiger partial charge in [-0.2, -0.15) is 0 Å². The molecule has 3 rings (SSSR count). The maximum absolute atomic E-state index is 11.6. The van der Waals surface area contributed by atoms with E-state index >= 15 is 0 Å². The average molecular weight is 286 g/mol. The molecule has 2 heterocycles. The predicted octanol–water partition coefficient (Wildman–Crippen LogP) is 1.03. The maximum Gasteiger partial charge on any atom is 0.371 e. The summed E-state index contributed by atoms with van der Waals surface area (Å²) >= 11 is 0. The Labute approximate surface area is 117 Å². The van der Waals surface area contributed by atoms with Gasteiger partial charge in [-0.1, -0.05) is 6.07 Å². The zero-order valence-corrected chi connectivity index (χ0v) is 10.7. The SMILES string of the molecule is O=C(O)c1cc2cc(Cn3ccc(=O)[nH]c3=O)ccc2o1. The molecule has 0 aliphatic rings. The second kappa shape index (κ2) is 4.78. The van der Waals surface area contributed by atoms with Gasteiger partial charge >= 0.3 is 11.7 Å². The van der Waals surface area contributed by atoms with Crippen LogP contribution in [-0.2, 0) is 6.54 Å². The minimum absolute atomic E-state index is 0.136. The van der Waals surface area contributed by atoms with Crippen LogP contribution in [0.5, 0.6) is 0 Å². The molecule has 0 fully saturated rings. The van der Waals surface area contributed by atoms with E-state index in [0.717, 1.165) is 5.56 Å². The summed E-state index contributed by atoms with van der Waals surface area (Å²) in [5, 5.41) is 9.52. The Morgan fingerprint density at radius 3 is 2.76 bits per heavy atom. The lowest BCUT2D eigenvalue weighted by Gasteiger charge is -2.04. The van der Waals surface area contributed by atoms with Crippen molar-refractivity contribution in [3.05, 3.63) is 68.7 Å². The van der Waals surface area contributed by atoms with Gasteiger partial charge in [0.15, 0.2) is 0 Å². The van der Waals surface area contributed by atoms with Gasteiger partial charge in [-0.05, 0) is 23.8 Å². The summed E-state index contributed by atoms with van der Waals surface area (Å²) in [6.07, 6.45) is 1.41. The van der Waals surface area contributed by atoms with Crippen molar-refractivity contribution in [2.75, 3.05) is 0 Å². The van der Waals surface area contributed by atoms with Gasteiger partial charge in [0.1, 0.15) is 5.58 Å². The van der Waals surface area contributed by atoms with E-state index in [2.05, 4.69) is 4.98 Å². The van der Waals surface area contributed by atoms with Crippen LogP contribution in [0.4, 0.5) is 0 Å². The molecule has 0 saturated heterocycles. The van der Waals surface area contributed by atoms with Crippen LogP contribution in [0.15, 0.2) is 50.5 Å². The van der Waals surface area contributed by atoms with E-state index in [1.165, 1.54) is 22.9 Å². The zero-order chi connectivity index (χ0) is 15.0. The fourth-order valence-electron chi connectivity index (χ4n) is 2.06. The van der Waals surface area contributed by atoms with E-state index in [0.29, 0.717) is 11.0 Å². The Kier molecular flexibility index (Phi) is 2.94. The first kappa shape index (κ1) is 12.9. The van der Waals surface area contributed by atoms with E-state index < -0.39 is 17.2 Å². The van der Waals surface area contributed by atoms with Crippen molar-refractivity contribution in [3.63, 3.8) is 0 Å². The number of hydrogen-bond acceptors (Lipinski definition) is 4. The summed E-state index contributed by atoms with van der Waals surface area (Å²) < 4.78 is 6.51. The number of carboxylic acid groups (broad SMARTS) is 1. The summed E-state index contributed by atoms with van der Waals surface area (Å²) in [6, 6.07) is 7.81.